The fraction of sp³-hybridized carbons (Fsp3) is 0.246. The molecule has 2 aliphatic carbocycles. The van der Waals surface area contributed by atoms with Gasteiger partial charge in [0.25, 0.3) is 0 Å². The molecule has 71 heavy (non-hydrogen) atoms. The summed E-state index contributed by atoms with van der Waals surface area (Å²) < 4.78 is 0. The number of aryl methyl sites for hydroxylation is 12. The fourth-order valence-corrected chi connectivity index (χ4v) is 14.6. The van der Waals surface area contributed by atoms with Crippen molar-refractivity contribution in [2.45, 2.75) is 115 Å². The molecule has 11 rings (SSSR count). The number of hydrogen-bond acceptors (Lipinski definition) is 0. The summed E-state index contributed by atoms with van der Waals surface area (Å²) in [5, 5.41) is 2.70. The Balaban J connectivity index is 1.05. The smallest absolute Gasteiger partial charge is 0.0686 e. The lowest BCUT2D eigenvalue weighted by molar-refractivity contribution is 0.578. The van der Waals surface area contributed by atoms with Crippen LogP contribution in [0, 0.1) is 83.1 Å². The zero-order valence-electron chi connectivity index (χ0n) is 44.7. The quantitative estimate of drug-likeness (QED) is 0.140. The first-order chi connectivity index (χ1) is 33.9. The summed E-state index contributed by atoms with van der Waals surface area (Å²) in [4.78, 5) is 0. The molecule has 9 aromatic carbocycles. The van der Waals surface area contributed by atoms with Crippen LogP contribution >= 0.6 is 0 Å². The second kappa shape index (κ2) is 17.3. The van der Waals surface area contributed by atoms with Crippen molar-refractivity contribution in [1.82, 2.24) is 0 Å². The maximum atomic E-state index is 2.63. The molecule has 0 nitrogen and oxygen atoms in total. The summed E-state index contributed by atoms with van der Waals surface area (Å²) >= 11 is 0. The van der Waals surface area contributed by atoms with Crippen LogP contribution in [0.3, 0.4) is 0 Å². The molecule has 0 saturated heterocycles. The third-order valence-electron chi connectivity index (χ3n) is 17.1. The minimum Gasteiger partial charge on any atom is -0.0686 e. The molecule has 0 saturated carbocycles. The molecule has 0 N–H and O–H groups in total. The SMILES string of the molecule is Cc1cc(C)c(B(c2ccc(-c3cc4c(c5ccccc35)CC3c5ccc(B(c6c(C)cc(C)cc6C)c6c(C)cc(C)cc6C)cc5C(C)(C)c5cccc-4c53)cc2)c2c(C)cc(C)cc2C)c(C)c1. The zero-order valence-corrected chi connectivity index (χ0v) is 44.7. The highest BCUT2D eigenvalue weighted by molar-refractivity contribution is 6.97. The van der Waals surface area contributed by atoms with Gasteiger partial charge in [-0.1, -0.05) is 247 Å². The zero-order chi connectivity index (χ0) is 49.9. The summed E-state index contributed by atoms with van der Waals surface area (Å²) in [6.07, 6.45) is 0.976. The molecule has 0 heterocycles. The molecule has 1 atom stereocenters. The Kier molecular flexibility index (Phi) is 11.4. The van der Waals surface area contributed by atoms with E-state index in [0.29, 0.717) is 0 Å². The van der Waals surface area contributed by atoms with E-state index in [1.165, 1.54) is 160 Å². The Bertz CT molecular complexity index is 3470. The Morgan fingerprint density at radius 1 is 0.380 bits per heavy atom. The van der Waals surface area contributed by atoms with Crippen molar-refractivity contribution in [2.75, 3.05) is 0 Å². The van der Waals surface area contributed by atoms with Crippen molar-refractivity contribution in [2.24, 2.45) is 0 Å². The second-order valence-electron chi connectivity index (χ2n) is 22.7. The molecule has 2 heteroatoms. The lowest BCUT2D eigenvalue weighted by atomic mass is 9.34. The topological polar surface area (TPSA) is 0 Å². The Hall–Kier alpha value is -6.63. The number of fused-ring (bicyclic) bond motifs is 6. The van der Waals surface area contributed by atoms with E-state index in [9.17, 15) is 0 Å². The Morgan fingerprint density at radius 2 is 0.817 bits per heavy atom. The maximum Gasteiger partial charge on any atom is 0.242 e. The van der Waals surface area contributed by atoms with Gasteiger partial charge >= 0.3 is 0 Å². The molecule has 0 fully saturated rings. The van der Waals surface area contributed by atoms with Crippen molar-refractivity contribution in [3.05, 3.63) is 234 Å². The maximum absolute atomic E-state index is 2.63. The lowest BCUT2D eigenvalue weighted by Crippen LogP contribution is -2.56. The monoisotopic (exact) mass is 919 g/mol. The minimum absolute atomic E-state index is 0.131. The highest BCUT2D eigenvalue weighted by atomic mass is 14.4. The lowest BCUT2D eigenvalue weighted by Gasteiger charge is -2.43. The molecule has 0 radical (unpaired) electrons. The van der Waals surface area contributed by atoms with Crippen molar-refractivity contribution >= 4 is 57.0 Å². The van der Waals surface area contributed by atoms with Crippen LogP contribution in [0.1, 0.15) is 114 Å². The van der Waals surface area contributed by atoms with Gasteiger partial charge in [0, 0.05) is 11.3 Å². The molecule has 0 spiro atoms. The Morgan fingerprint density at radius 3 is 1.30 bits per heavy atom. The first-order valence-corrected chi connectivity index (χ1v) is 26.1. The fourth-order valence-electron chi connectivity index (χ4n) is 14.6. The van der Waals surface area contributed by atoms with Crippen molar-refractivity contribution in [1.29, 1.82) is 0 Å². The first kappa shape index (κ1) is 46.7. The van der Waals surface area contributed by atoms with E-state index in [0.717, 1.165) is 6.42 Å². The molecule has 1 unspecified atom stereocenters. The highest BCUT2D eigenvalue weighted by Crippen LogP contribution is 2.55. The van der Waals surface area contributed by atoms with Gasteiger partial charge in [-0.15, -0.1) is 0 Å². The standard InChI is InChI=1S/C69H68B2/c1-39-28-43(5)65(44(6)29-39)70(66-45(7)30-40(2)31-46(66)8)52-24-22-51(23-25-52)58-37-60-57-20-17-21-62-64(57)61(38-59(60)55-19-16-15-18-54(55)58)56-27-26-53(36-63(56)69(62,13)14)71(67-47(9)32-41(3)33-48(67)10)68-49(11)34-42(4)35-50(68)12/h15-37,61H,38H2,1-14H3. The van der Waals surface area contributed by atoms with Gasteiger partial charge in [0.15, 0.2) is 0 Å². The molecular weight excluding hydrogens is 850 g/mol. The summed E-state index contributed by atoms with van der Waals surface area (Å²) in [6, 6.07) is 55.3. The van der Waals surface area contributed by atoms with Crippen molar-refractivity contribution < 1.29 is 0 Å². The summed E-state index contributed by atoms with van der Waals surface area (Å²) in [7, 11) is 0. The largest absolute Gasteiger partial charge is 0.242 e. The summed E-state index contributed by atoms with van der Waals surface area (Å²) in [5.41, 5.74) is 37.2. The number of hydrogen-bond donors (Lipinski definition) is 0. The van der Waals surface area contributed by atoms with Crippen LogP contribution in [0.4, 0.5) is 0 Å². The summed E-state index contributed by atoms with van der Waals surface area (Å²) in [6.45, 7) is 32.6. The number of rotatable bonds is 7. The molecule has 0 aliphatic heterocycles. The van der Waals surface area contributed by atoms with Gasteiger partial charge in [-0.2, -0.15) is 0 Å². The minimum atomic E-state index is -0.196. The molecule has 350 valence electrons. The van der Waals surface area contributed by atoms with Crippen LogP contribution in [0.5, 0.6) is 0 Å². The third kappa shape index (κ3) is 7.59. The van der Waals surface area contributed by atoms with E-state index in [4.69, 9.17) is 0 Å². The predicted octanol–water partition coefficient (Wildman–Crippen LogP) is 13.2. The second-order valence-corrected chi connectivity index (χ2v) is 22.7. The van der Waals surface area contributed by atoms with Crippen molar-refractivity contribution in [3.63, 3.8) is 0 Å². The van der Waals surface area contributed by atoms with Crippen LogP contribution in [-0.4, -0.2) is 13.4 Å². The van der Waals surface area contributed by atoms with Crippen LogP contribution in [0.25, 0.3) is 33.0 Å². The predicted molar refractivity (Wildman–Crippen MR) is 311 cm³/mol. The average Bonchev–Trinajstić information content (AvgIpc) is 3.30. The highest BCUT2D eigenvalue weighted by Gasteiger charge is 2.43. The molecule has 9 aromatic rings. The van der Waals surface area contributed by atoms with E-state index < -0.39 is 0 Å². The van der Waals surface area contributed by atoms with Gasteiger partial charge in [-0.3, -0.25) is 0 Å². The van der Waals surface area contributed by atoms with Crippen LogP contribution < -0.4 is 32.8 Å². The van der Waals surface area contributed by atoms with E-state index in [1.807, 2.05) is 0 Å². The number of benzene rings is 9. The third-order valence-corrected chi connectivity index (χ3v) is 17.1. The van der Waals surface area contributed by atoms with E-state index in [-0.39, 0.29) is 24.8 Å². The van der Waals surface area contributed by atoms with Gasteiger partial charge in [0.05, 0.1) is 0 Å². The molecule has 0 aromatic heterocycles. The Labute approximate surface area is 425 Å². The summed E-state index contributed by atoms with van der Waals surface area (Å²) in [5.74, 6) is 0.266. The van der Waals surface area contributed by atoms with Crippen LogP contribution in [0.15, 0.2) is 140 Å². The van der Waals surface area contributed by atoms with E-state index >= 15 is 0 Å². The van der Waals surface area contributed by atoms with Gasteiger partial charge in [-0.25, -0.2) is 0 Å². The van der Waals surface area contributed by atoms with Gasteiger partial charge in [0.2, 0.25) is 13.4 Å². The van der Waals surface area contributed by atoms with Crippen LogP contribution in [-0.2, 0) is 11.8 Å². The van der Waals surface area contributed by atoms with Gasteiger partial charge in [-0.05, 0) is 156 Å². The van der Waals surface area contributed by atoms with E-state index in [1.54, 1.807) is 0 Å². The molecular formula is C69H68B2. The molecule has 0 amide bonds. The van der Waals surface area contributed by atoms with Crippen molar-refractivity contribution in [3.8, 4) is 22.3 Å². The van der Waals surface area contributed by atoms with Gasteiger partial charge in [0.1, 0.15) is 0 Å². The van der Waals surface area contributed by atoms with E-state index in [2.05, 4.69) is 236 Å². The normalized spacial score (nSPS) is 14.3. The molecule has 2 aliphatic rings. The molecule has 0 bridgehead atoms. The first-order valence-electron chi connectivity index (χ1n) is 26.1. The van der Waals surface area contributed by atoms with Gasteiger partial charge < -0.3 is 0 Å². The average molecular weight is 919 g/mol. The van der Waals surface area contributed by atoms with Crippen LogP contribution in [0.2, 0.25) is 0 Å².